The van der Waals surface area contributed by atoms with Crippen LogP contribution in [-0.2, 0) is 4.79 Å². The van der Waals surface area contributed by atoms with Crippen molar-refractivity contribution in [2.45, 2.75) is 12.7 Å². The minimum Gasteiger partial charge on any atom is -0.479 e. The van der Waals surface area contributed by atoms with Crippen molar-refractivity contribution >= 4 is 11.7 Å². The summed E-state index contributed by atoms with van der Waals surface area (Å²) in [4.78, 5) is 19.9. The highest BCUT2D eigenvalue weighted by atomic mass is 19.3. The molecule has 0 heterocycles. The third-order valence-electron chi connectivity index (χ3n) is 2.02. The van der Waals surface area contributed by atoms with Crippen LogP contribution in [-0.4, -0.2) is 27.7 Å². The Morgan fingerprint density at radius 1 is 1.42 bits per heavy atom. The number of carbonyl (C=O) groups is 1. The lowest BCUT2D eigenvalue weighted by Crippen LogP contribution is -2.13. The van der Waals surface area contributed by atoms with Crippen LogP contribution in [0.25, 0.3) is 0 Å². The number of nitrogens with zero attached hydrogens (tertiary/aromatic N) is 1. The van der Waals surface area contributed by atoms with Gasteiger partial charge in [0.25, 0.3) is 0 Å². The van der Waals surface area contributed by atoms with Crippen molar-refractivity contribution in [1.82, 2.24) is 0 Å². The molecule has 2 N–H and O–H groups in total. The third-order valence-corrected chi connectivity index (χ3v) is 2.02. The van der Waals surface area contributed by atoms with Crippen LogP contribution in [0, 0.1) is 15.9 Å². The molecule has 1 aromatic carbocycles. The molecule has 0 radical (unpaired) electrons. The summed E-state index contributed by atoms with van der Waals surface area (Å²) in [5.74, 6) is -4.34. The molecule has 1 atom stereocenters. The Kier molecular flexibility index (Phi) is 4.27. The maximum absolute atomic E-state index is 13.4. The summed E-state index contributed by atoms with van der Waals surface area (Å²) < 4.78 is 41.1. The van der Waals surface area contributed by atoms with Crippen molar-refractivity contribution in [3.63, 3.8) is 0 Å². The second kappa shape index (κ2) is 5.52. The van der Waals surface area contributed by atoms with Gasteiger partial charge in [-0.1, -0.05) is 0 Å². The van der Waals surface area contributed by atoms with Gasteiger partial charge in [-0.3, -0.25) is 10.1 Å². The van der Waals surface area contributed by atoms with Crippen molar-refractivity contribution in [2.24, 2.45) is 0 Å². The van der Waals surface area contributed by atoms with Crippen molar-refractivity contribution in [1.29, 1.82) is 0 Å². The van der Waals surface area contributed by atoms with E-state index in [1.165, 1.54) is 0 Å². The number of aliphatic hydroxyl groups excluding tert-OH is 1. The average Bonchev–Trinajstić information content (AvgIpc) is 2.26. The molecule has 0 bridgehead atoms. The smallest absolute Gasteiger partial charge is 0.387 e. The highest BCUT2D eigenvalue weighted by Crippen LogP contribution is 2.33. The number of benzene rings is 1. The van der Waals surface area contributed by atoms with Crippen LogP contribution in [0.3, 0.4) is 0 Å². The summed E-state index contributed by atoms with van der Waals surface area (Å²) in [7, 11) is 0. The lowest BCUT2D eigenvalue weighted by atomic mass is 10.1. The molecule has 104 valence electrons. The lowest BCUT2D eigenvalue weighted by Gasteiger charge is -2.10. The van der Waals surface area contributed by atoms with Crippen LogP contribution in [0.4, 0.5) is 18.9 Å². The number of aliphatic carboxylic acids is 1. The standard InChI is InChI=1S/C9H6F3NO6/c10-4-2-6(19-9(11)12)5(13(17)18)1-3(4)7(14)8(15)16/h1-2,7,9,14H,(H,15,16). The minimum atomic E-state index is -3.42. The Hall–Kier alpha value is -2.36. The van der Waals surface area contributed by atoms with Gasteiger partial charge in [0.15, 0.2) is 6.10 Å². The quantitative estimate of drug-likeness (QED) is 0.624. The monoisotopic (exact) mass is 281 g/mol. The van der Waals surface area contributed by atoms with Gasteiger partial charge in [-0.15, -0.1) is 0 Å². The van der Waals surface area contributed by atoms with E-state index < -0.39 is 46.4 Å². The van der Waals surface area contributed by atoms with Gasteiger partial charge in [-0.05, 0) is 0 Å². The van der Waals surface area contributed by atoms with Crippen molar-refractivity contribution in [3.05, 3.63) is 33.6 Å². The molecule has 0 aliphatic heterocycles. The Balaban J connectivity index is 3.36. The molecule has 0 fully saturated rings. The molecule has 0 spiro atoms. The largest absolute Gasteiger partial charge is 0.479 e. The maximum Gasteiger partial charge on any atom is 0.387 e. The first-order valence-electron chi connectivity index (χ1n) is 4.57. The number of rotatable bonds is 5. The van der Waals surface area contributed by atoms with Crippen molar-refractivity contribution in [2.75, 3.05) is 0 Å². The molecule has 10 heteroatoms. The van der Waals surface area contributed by atoms with E-state index in [9.17, 15) is 28.1 Å². The zero-order valence-corrected chi connectivity index (χ0v) is 8.92. The summed E-state index contributed by atoms with van der Waals surface area (Å²) in [6.07, 6.45) is -2.36. The van der Waals surface area contributed by atoms with E-state index >= 15 is 0 Å². The Morgan fingerprint density at radius 3 is 2.42 bits per heavy atom. The fourth-order valence-corrected chi connectivity index (χ4v) is 1.24. The highest BCUT2D eigenvalue weighted by Gasteiger charge is 2.27. The molecule has 7 nitrogen and oxygen atoms in total. The summed E-state index contributed by atoms with van der Waals surface area (Å²) in [6, 6.07) is 0.539. The molecule has 0 saturated carbocycles. The van der Waals surface area contributed by atoms with Gasteiger partial charge in [0.1, 0.15) is 5.82 Å². The van der Waals surface area contributed by atoms with Crippen molar-refractivity contribution in [3.8, 4) is 5.75 Å². The molecule has 1 unspecified atom stereocenters. The van der Waals surface area contributed by atoms with Crippen LogP contribution in [0.2, 0.25) is 0 Å². The van der Waals surface area contributed by atoms with E-state index in [-0.39, 0.29) is 6.07 Å². The van der Waals surface area contributed by atoms with E-state index in [0.29, 0.717) is 6.07 Å². The molecule has 0 saturated heterocycles. The zero-order chi connectivity index (χ0) is 14.7. The number of carboxylic acid groups (broad SMARTS) is 1. The molecule has 0 amide bonds. The fraction of sp³-hybridized carbons (Fsp3) is 0.222. The molecule has 1 rings (SSSR count). The first kappa shape index (κ1) is 14.7. The van der Waals surface area contributed by atoms with Gasteiger partial charge in [-0.25, -0.2) is 9.18 Å². The average molecular weight is 281 g/mol. The van der Waals surface area contributed by atoms with Crippen molar-refractivity contribution < 1.29 is 37.8 Å². The summed E-state index contributed by atoms with van der Waals surface area (Å²) >= 11 is 0. The van der Waals surface area contributed by atoms with E-state index in [2.05, 4.69) is 4.74 Å². The molecule has 19 heavy (non-hydrogen) atoms. The first-order chi connectivity index (χ1) is 8.73. The summed E-state index contributed by atoms with van der Waals surface area (Å²) in [6.45, 7) is -3.42. The van der Waals surface area contributed by atoms with Gasteiger partial charge in [0, 0.05) is 17.7 Å². The fourth-order valence-electron chi connectivity index (χ4n) is 1.24. The summed E-state index contributed by atoms with van der Waals surface area (Å²) in [5, 5.41) is 28.2. The van der Waals surface area contributed by atoms with Gasteiger partial charge in [0.2, 0.25) is 5.75 Å². The molecular weight excluding hydrogens is 275 g/mol. The van der Waals surface area contributed by atoms with Gasteiger partial charge < -0.3 is 14.9 Å². The predicted molar refractivity (Wildman–Crippen MR) is 52.3 cm³/mol. The Bertz CT molecular complexity index is 521. The molecule has 0 aliphatic rings. The van der Waals surface area contributed by atoms with Crippen LogP contribution in [0.1, 0.15) is 11.7 Å². The topological polar surface area (TPSA) is 110 Å². The number of hydrogen-bond donors (Lipinski definition) is 2. The third kappa shape index (κ3) is 3.31. The highest BCUT2D eigenvalue weighted by molar-refractivity contribution is 5.74. The van der Waals surface area contributed by atoms with Crippen LogP contribution < -0.4 is 4.74 Å². The maximum atomic E-state index is 13.4. The minimum absolute atomic E-state index is 0.214. The molecule has 0 aliphatic carbocycles. The number of halogens is 3. The Morgan fingerprint density at radius 2 is 2.00 bits per heavy atom. The van der Waals surface area contributed by atoms with Gasteiger partial charge in [0.05, 0.1) is 4.92 Å². The second-order valence-corrected chi connectivity index (χ2v) is 3.22. The number of carboxylic acids is 1. The number of alkyl halides is 2. The van der Waals surface area contributed by atoms with Crippen LogP contribution in [0.15, 0.2) is 12.1 Å². The number of ether oxygens (including phenoxy) is 1. The molecular formula is C9H6F3NO6. The second-order valence-electron chi connectivity index (χ2n) is 3.22. The SMILES string of the molecule is O=C(O)C(O)c1cc([N+](=O)[O-])c(OC(F)F)cc1F. The number of nitro groups is 1. The van der Waals surface area contributed by atoms with E-state index in [1.807, 2.05) is 0 Å². The normalized spacial score (nSPS) is 12.3. The van der Waals surface area contributed by atoms with E-state index in [1.54, 1.807) is 0 Å². The summed E-state index contributed by atoms with van der Waals surface area (Å²) in [5.41, 5.74) is -2.02. The zero-order valence-electron chi connectivity index (χ0n) is 8.92. The predicted octanol–water partition coefficient (Wildman–Crippen LogP) is 1.45. The van der Waals surface area contributed by atoms with E-state index in [4.69, 9.17) is 10.2 Å². The Labute approximate surface area is 103 Å². The van der Waals surface area contributed by atoms with Crippen LogP contribution in [0.5, 0.6) is 5.75 Å². The number of hydrogen-bond acceptors (Lipinski definition) is 5. The van der Waals surface area contributed by atoms with Gasteiger partial charge in [-0.2, -0.15) is 8.78 Å². The molecule has 1 aromatic rings. The molecule has 0 aromatic heterocycles. The lowest BCUT2D eigenvalue weighted by molar-refractivity contribution is -0.386. The van der Waals surface area contributed by atoms with E-state index in [0.717, 1.165) is 0 Å². The number of nitro benzene ring substituents is 1. The first-order valence-corrected chi connectivity index (χ1v) is 4.57. The van der Waals surface area contributed by atoms with Gasteiger partial charge >= 0.3 is 18.3 Å². The number of aliphatic hydroxyl groups is 1. The van der Waals surface area contributed by atoms with Crippen LogP contribution >= 0.6 is 0 Å².